The summed E-state index contributed by atoms with van der Waals surface area (Å²) >= 11 is 0. The number of aryl methyl sites for hydroxylation is 1. The molecule has 0 spiro atoms. The second-order valence-corrected chi connectivity index (χ2v) is 6.13. The molecule has 1 saturated carbocycles. The Kier molecular flexibility index (Phi) is 4.51. The van der Waals surface area contributed by atoms with Gasteiger partial charge in [-0.3, -0.25) is 4.68 Å². The fraction of sp³-hybridized carbons (Fsp3) is 0.412. The van der Waals surface area contributed by atoms with Gasteiger partial charge in [-0.2, -0.15) is 5.10 Å². The minimum atomic E-state index is -0.628. The van der Waals surface area contributed by atoms with Crippen molar-refractivity contribution >= 4 is 6.03 Å². The summed E-state index contributed by atoms with van der Waals surface area (Å²) in [6.45, 7) is 2.43. The molecule has 0 bridgehead atoms. The molecule has 1 aliphatic rings. The van der Waals surface area contributed by atoms with Crippen molar-refractivity contribution in [1.82, 2.24) is 20.0 Å². The Hall–Kier alpha value is -2.44. The number of urea groups is 1. The summed E-state index contributed by atoms with van der Waals surface area (Å²) in [6, 6.07) is 3.31. The molecule has 0 atom stereocenters. The number of carbonyl (C=O) groups excluding carboxylic acids is 1. The topological polar surface area (TPSA) is 50.2 Å². The Labute approximate surface area is 139 Å². The van der Waals surface area contributed by atoms with Crippen molar-refractivity contribution in [2.75, 3.05) is 0 Å². The first kappa shape index (κ1) is 16.4. The van der Waals surface area contributed by atoms with Gasteiger partial charge in [0.1, 0.15) is 11.6 Å². The highest BCUT2D eigenvalue weighted by atomic mass is 19.1. The molecule has 1 aliphatic carbocycles. The molecule has 2 aromatic rings. The Morgan fingerprint density at radius 2 is 2.12 bits per heavy atom. The van der Waals surface area contributed by atoms with Crippen molar-refractivity contribution in [3.05, 3.63) is 52.9 Å². The number of aromatic nitrogens is 2. The van der Waals surface area contributed by atoms with Crippen LogP contribution in [-0.4, -0.2) is 26.8 Å². The average molecular weight is 334 g/mol. The molecule has 1 N–H and O–H groups in total. The summed E-state index contributed by atoms with van der Waals surface area (Å²) in [7, 11) is 1.84. The standard InChI is InChI=1S/C17H20F2N4O/c1-11-13(9-21-22(11)2)8-20-17(24)23(15-5-6-15)10-12-3-4-14(18)7-16(12)19/h3-4,7,9,15H,5-6,8,10H2,1-2H3,(H,20,24). The van der Waals surface area contributed by atoms with E-state index in [-0.39, 0.29) is 18.6 Å². The smallest absolute Gasteiger partial charge is 0.318 e. The molecular formula is C17H20F2N4O. The van der Waals surface area contributed by atoms with Gasteiger partial charge in [-0.05, 0) is 25.8 Å². The maximum absolute atomic E-state index is 13.9. The molecule has 0 saturated heterocycles. The van der Waals surface area contributed by atoms with Crippen LogP contribution < -0.4 is 5.32 Å². The van der Waals surface area contributed by atoms with Gasteiger partial charge in [0.05, 0.1) is 12.7 Å². The van der Waals surface area contributed by atoms with E-state index in [0.717, 1.165) is 30.2 Å². The second kappa shape index (κ2) is 6.59. The van der Waals surface area contributed by atoms with Gasteiger partial charge in [0.25, 0.3) is 0 Å². The van der Waals surface area contributed by atoms with Gasteiger partial charge in [-0.15, -0.1) is 0 Å². The molecule has 0 unspecified atom stereocenters. The first-order valence-corrected chi connectivity index (χ1v) is 7.91. The van der Waals surface area contributed by atoms with E-state index in [1.54, 1.807) is 15.8 Å². The zero-order valence-corrected chi connectivity index (χ0v) is 13.7. The molecule has 1 heterocycles. The highest BCUT2D eigenvalue weighted by Gasteiger charge is 2.33. The third-order valence-corrected chi connectivity index (χ3v) is 4.37. The maximum Gasteiger partial charge on any atom is 0.318 e. The van der Waals surface area contributed by atoms with Crippen LogP contribution in [0.15, 0.2) is 24.4 Å². The van der Waals surface area contributed by atoms with E-state index in [0.29, 0.717) is 12.1 Å². The Bertz CT molecular complexity index is 755. The first-order chi connectivity index (χ1) is 11.5. The van der Waals surface area contributed by atoms with Crippen LogP contribution >= 0.6 is 0 Å². The molecule has 1 aromatic heterocycles. The molecular weight excluding hydrogens is 314 g/mol. The molecule has 1 aromatic carbocycles. The lowest BCUT2D eigenvalue weighted by Crippen LogP contribution is -2.40. The van der Waals surface area contributed by atoms with Crippen molar-refractivity contribution in [3.63, 3.8) is 0 Å². The number of halogens is 2. The van der Waals surface area contributed by atoms with Crippen molar-refractivity contribution in [1.29, 1.82) is 0 Å². The van der Waals surface area contributed by atoms with Gasteiger partial charge in [-0.1, -0.05) is 6.07 Å². The quantitative estimate of drug-likeness (QED) is 0.914. The van der Waals surface area contributed by atoms with E-state index in [4.69, 9.17) is 0 Å². The van der Waals surface area contributed by atoms with Crippen LogP contribution in [0.2, 0.25) is 0 Å². The molecule has 128 valence electrons. The van der Waals surface area contributed by atoms with Gasteiger partial charge < -0.3 is 10.2 Å². The fourth-order valence-electron chi connectivity index (χ4n) is 2.58. The number of nitrogens with zero attached hydrogens (tertiary/aromatic N) is 3. The monoisotopic (exact) mass is 334 g/mol. The summed E-state index contributed by atoms with van der Waals surface area (Å²) in [5.74, 6) is -1.25. The SMILES string of the molecule is Cc1c(CNC(=O)N(Cc2ccc(F)cc2F)C2CC2)cnn1C. The van der Waals surface area contributed by atoms with Crippen LogP contribution in [0.3, 0.4) is 0 Å². The van der Waals surface area contributed by atoms with E-state index < -0.39 is 11.6 Å². The molecule has 0 radical (unpaired) electrons. The third kappa shape index (κ3) is 3.55. The zero-order chi connectivity index (χ0) is 17.3. The zero-order valence-electron chi connectivity index (χ0n) is 13.7. The lowest BCUT2D eigenvalue weighted by atomic mass is 10.2. The molecule has 7 heteroatoms. The number of nitrogens with one attached hydrogen (secondary N) is 1. The predicted octanol–water partition coefficient (Wildman–Crippen LogP) is 2.88. The van der Waals surface area contributed by atoms with E-state index in [1.165, 1.54) is 12.1 Å². The first-order valence-electron chi connectivity index (χ1n) is 7.91. The van der Waals surface area contributed by atoms with Crippen LogP contribution in [0.1, 0.15) is 29.7 Å². The molecule has 2 amide bonds. The van der Waals surface area contributed by atoms with E-state index >= 15 is 0 Å². The van der Waals surface area contributed by atoms with E-state index in [1.807, 2.05) is 14.0 Å². The van der Waals surface area contributed by atoms with Gasteiger partial charge in [0.2, 0.25) is 0 Å². The summed E-state index contributed by atoms with van der Waals surface area (Å²) in [5, 5.41) is 7.00. The summed E-state index contributed by atoms with van der Waals surface area (Å²) in [6.07, 6.45) is 3.53. The Balaban J connectivity index is 1.66. The number of rotatable bonds is 5. The van der Waals surface area contributed by atoms with Crippen molar-refractivity contribution in [2.24, 2.45) is 7.05 Å². The Morgan fingerprint density at radius 3 is 2.71 bits per heavy atom. The number of hydrogen-bond donors (Lipinski definition) is 1. The summed E-state index contributed by atoms with van der Waals surface area (Å²) in [4.78, 5) is 14.1. The van der Waals surface area contributed by atoms with E-state index in [9.17, 15) is 13.6 Å². The fourth-order valence-corrected chi connectivity index (χ4v) is 2.58. The molecule has 0 aliphatic heterocycles. The number of benzene rings is 1. The maximum atomic E-state index is 13.9. The van der Waals surface area contributed by atoms with Gasteiger partial charge in [0.15, 0.2) is 0 Å². The van der Waals surface area contributed by atoms with Crippen molar-refractivity contribution in [3.8, 4) is 0 Å². The lowest BCUT2D eigenvalue weighted by Gasteiger charge is -2.23. The van der Waals surface area contributed by atoms with Crippen LogP contribution in [0.5, 0.6) is 0 Å². The van der Waals surface area contributed by atoms with Gasteiger partial charge in [0, 0.05) is 42.5 Å². The van der Waals surface area contributed by atoms with Crippen molar-refractivity contribution in [2.45, 2.75) is 38.9 Å². The summed E-state index contributed by atoms with van der Waals surface area (Å²) in [5.41, 5.74) is 2.24. The van der Waals surface area contributed by atoms with Crippen LogP contribution in [0.25, 0.3) is 0 Å². The largest absolute Gasteiger partial charge is 0.334 e. The predicted molar refractivity (Wildman–Crippen MR) is 85.1 cm³/mol. The van der Waals surface area contributed by atoms with Gasteiger partial charge >= 0.3 is 6.03 Å². The molecule has 1 fully saturated rings. The van der Waals surface area contributed by atoms with Crippen molar-refractivity contribution < 1.29 is 13.6 Å². The number of hydrogen-bond acceptors (Lipinski definition) is 2. The summed E-state index contributed by atoms with van der Waals surface area (Å²) < 4.78 is 28.6. The minimum Gasteiger partial charge on any atom is -0.334 e. The molecule has 24 heavy (non-hydrogen) atoms. The number of amides is 2. The van der Waals surface area contributed by atoms with Gasteiger partial charge in [-0.25, -0.2) is 13.6 Å². The third-order valence-electron chi connectivity index (χ3n) is 4.37. The molecule has 5 nitrogen and oxygen atoms in total. The second-order valence-electron chi connectivity index (χ2n) is 6.13. The normalized spacial score (nSPS) is 13.8. The molecule has 3 rings (SSSR count). The highest BCUT2D eigenvalue weighted by Crippen LogP contribution is 2.29. The van der Waals surface area contributed by atoms with Crippen LogP contribution in [0, 0.1) is 18.6 Å². The lowest BCUT2D eigenvalue weighted by molar-refractivity contribution is 0.191. The van der Waals surface area contributed by atoms with E-state index in [2.05, 4.69) is 10.4 Å². The highest BCUT2D eigenvalue weighted by molar-refractivity contribution is 5.75. The van der Waals surface area contributed by atoms with Crippen LogP contribution in [-0.2, 0) is 20.1 Å². The minimum absolute atomic E-state index is 0.115. The number of carbonyl (C=O) groups is 1. The Morgan fingerprint density at radius 1 is 1.38 bits per heavy atom. The average Bonchev–Trinajstić information content (AvgIpc) is 3.33. The van der Waals surface area contributed by atoms with Crippen LogP contribution in [0.4, 0.5) is 13.6 Å².